The van der Waals surface area contributed by atoms with Crippen molar-refractivity contribution in [1.82, 2.24) is 10.6 Å². The lowest BCUT2D eigenvalue weighted by Crippen LogP contribution is -2.44. The molecular weight excluding hydrogens is 248 g/mol. The average molecular weight is 269 g/mol. The molecular formula is C14H21ClN2O. The van der Waals surface area contributed by atoms with E-state index < -0.39 is 0 Å². The highest BCUT2D eigenvalue weighted by Gasteiger charge is 2.15. The number of benzene rings is 1. The Bertz CT molecular complexity index is 367. The summed E-state index contributed by atoms with van der Waals surface area (Å²) in [5.74, 6) is 0. The first-order valence-electron chi connectivity index (χ1n) is 6.53. The van der Waals surface area contributed by atoms with Gasteiger partial charge in [0.05, 0.1) is 13.2 Å². The quantitative estimate of drug-likeness (QED) is 0.859. The molecule has 1 aliphatic rings. The Morgan fingerprint density at radius 3 is 3.06 bits per heavy atom. The van der Waals surface area contributed by atoms with E-state index in [9.17, 15) is 0 Å². The van der Waals surface area contributed by atoms with E-state index in [-0.39, 0.29) is 0 Å². The van der Waals surface area contributed by atoms with Crippen LogP contribution < -0.4 is 10.6 Å². The first-order valence-corrected chi connectivity index (χ1v) is 6.91. The number of morpholine rings is 1. The molecule has 3 nitrogen and oxygen atoms in total. The SMILES string of the molecule is CC(CC1COCCN1)NCc1ccccc1Cl. The smallest absolute Gasteiger partial charge is 0.0620 e. The Hall–Kier alpha value is -0.610. The molecule has 1 aromatic carbocycles. The molecule has 2 N–H and O–H groups in total. The van der Waals surface area contributed by atoms with Gasteiger partial charge in [0.15, 0.2) is 0 Å². The second-order valence-corrected chi connectivity index (χ2v) is 5.24. The zero-order valence-corrected chi connectivity index (χ0v) is 11.5. The van der Waals surface area contributed by atoms with Crippen LogP contribution in [0.5, 0.6) is 0 Å². The van der Waals surface area contributed by atoms with E-state index in [2.05, 4.69) is 23.6 Å². The first-order chi connectivity index (χ1) is 8.75. The molecule has 18 heavy (non-hydrogen) atoms. The van der Waals surface area contributed by atoms with Crippen LogP contribution in [0.25, 0.3) is 0 Å². The summed E-state index contributed by atoms with van der Waals surface area (Å²) in [5, 5.41) is 7.81. The summed E-state index contributed by atoms with van der Waals surface area (Å²) >= 11 is 6.13. The van der Waals surface area contributed by atoms with Crippen LogP contribution in [0.2, 0.25) is 5.02 Å². The number of hydrogen-bond acceptors (Lipinski definition) is 3. The molecule has 0 spiro atoms. The molecule has 2 rings (SSSR count). The van der Waals surface area contributed by atoms with Crippen molar-refractivity contribution in [2.75, 3.05) is 19.8 Å². The van der Waals surface area contributed by atoms with Gasteiger partial charge < -0.3 is 15.4 Å². The van der Waals surface area contributed by atoms with Crippen molar-refractivity contribution >= 4 is 11.6 Å². The van der Waals surface area contributed by atoms with Crippen LogP contribution in [0.3, 0.4) is 0 Å². The molecule has 1 aromatic rings. The number of rotatable bonds is 5. The lowest BCUT2D eigenvalue weighted by atomic mass is 10.1. The highest BCUT2D eigenvalue weighted by atomic mass is 35.5. The Labute approximate surface area is 114 Å². The normalized spacial score (nSPS) is 21.8. The molecule has 1 aliphatic heterocycles. The van der Waals surface area contributed by atoms with Crippen LogP contribution in [0.15, 0.2) is 24.3 Å². The fourth-order valence-corrected chi connectivity index (χ4v) is 2.41. The third-order valence-corrected chi connectivity index (χ3v) is 3.60. The van der Waals surface area contributed by atoms with E-state index in [0.29, 0.717) is 12.1 Å². The van der Waals surface area contributed by atoms with Crippen LogP contribution in [-0.4, -0.2) is 31.8 Å². The van der Waals surface area contributed by atoms with E-state index >= 15 is 0 Å². The fourth-order valence-electron chi connectivity index (χ4n) is 2.21. The van der Waals surface area contributed by atoms with Gasteiger partial charge in [-0.2, -0.15) is 0 Å². The van der Waals surface area contributed by atoms with E-state index in [1.54, 1.807) is 0 Å². The number of halogens is 1. The monoisotopic (exact) mass is 268 g/mol. The van der Waals surface area contributed by atoms with Crippen molar-refractivity contribution in [1.29, 1.82) is 0 Å². The lowest BCUT2D eigenvalue weighted by Gasteiger charge is -2.26. The molecule has 0 aromatic heterocycles. The van der Waals surface area contributed by atoms with Gasteiger partial charge >= 0.3 is 0 Å². The standard InChI is InChI=1S/C14H21ClN2O/c1-11(8-13-10-18-7-6-16-13)17-9-12-4-2-3-5-14(12)15/h2-5,11,13,16-17H,6-10H2,1H3. The summed E-state index contributed by atoms with van der Waals surface area (Å²) < 4.78 is 5.45. The minimum Gasteiger partial charge on any atom is -0.379 e. The molecule has 0 saturated carbocycles. The first kappa shape index (κ1) is 13.8. The third kappa shape index (κ3) is 4.25. The van der Waals surface area contributed by atoms with Gasteiger partial charge in [0.1, 0.15) is 0 Å². The second kappa shape index (κ2) is 7.10. The molecule has 1 fully saturated rings. The van der Waals surface area contributed by atoms with E-state index in [1.807, 2.05) is 18.2 Å². The fraction of sp³-hybridized carbons (Fsp3) is 0.571. The predicted octanol–water partition coefficient (Wildman–Crippen LogP) is 2.20. The maximum absolute atomic E-state index is 6.13. The van der Waals surface area contributed by atoms with E-state index in [4.69, 9.17) is 16.3 Å². The second-order valence-electron chi connectivity index (χ2n) is 4.84. The molecule has 0 aliphatic carbocycles. The number of nitrogens with one attached hydrogen (secondary N) is 2. The highest BCUT2D eigenvalue weighted by molar-refractivity contribution is 6.31. The Balaban J connectivity index is 1.74. The Morgan fingerprint density at radius 2 is 2.33 bits per heavy atom. The largest absolute Gasteiger partial charge is 0.379 e. The highest BCUT2D eigenvalue weighted by Crippen LogP contribution is 2.14. The molecule has 100 valence electrons. The summed E-state index contributed by atoms with van der Waals surface area (Å²) in [6.07, 6.45) is 1.07. The minimum atomic E-state index is 0.445. The summed E-state index contributed by atoms with van der Waals surface area (Å²) in [6, 6.07) is 8.87. The summed E-state index contributed by atoms with van der Waals surface area (Å²) in [7, 11) is 0. The van der Waals surface area contributed by atoms with Crippen LogP contribution >= 0.6 is 11.6 Å². The van der Waals surface area contributed by atoms with Gasteiger partial charge in [0, 0.05) is 30.2 Å². The molecule has 1 heterocycles. The van der Waals surface area contributed by atoms with Crippen molar-refractivity contribution in [2.45, 2.75) is 32.0 Å². The van der Waals surface area contributed by atoms with Crippen molar-refractivity contribution < 1.29 is 4.74 Å². The van der Waals surface area contributed by atoms with Gasteiger partial charge in [-0.1, -0.05) is 29.8 Å². The summed E-state index contributed by atoms with van der Waals surface area (Å²) in [6.45, 7) is 5.62. The lowest BCUT2D eigenvalue weighted by molar-refractivity contribution is 0.0712. The van der Waals surface area contributed by atoms with Gasteiger partial charge in [0.25, 0.3) is 0 Å². The van der Waals surface area contributed by atoms with Crippen LogP contribution in [0.1, 0.15) is 18.9 Å². The number of ether oxygens (including phenoxy) is 1. The van der Waals surface area contributed by atoms with Gasteiger partial charge in [-0.05, 0) is 25.0 Å². The summed E-state index contributed by atoms with van der Waals surface area (Å²) in [5.41, 5.74) is 1.15. The molecule has 0 amide bonds. The van der Waals surface area contributed by atoms with Gasteiger partial charge in [-0.25, -0.2) is 0 Å². The molecule has 0 bridgehead atoms. The molecule has 2 unspecified atom stereocenters. The van der Waals surface area contributed by atoms with Crippen molar-refractivity contribution in [2.24, 2.45) is 0 Å². The van der Waals surface area contributed by atoms with Crippen molar-refractivity contribution in [3.8, 4) is 0 Å². The van der Waals surface area contributed by atoms with Crippen LogP contribution in [0, 0.1) is 0 Å². The zero-order chi connectivity index (χ0) is 12.8. The molecule has 0 radical (unpaired) electrons. The van der Waals surface area contributed by atoms with Gasteiger partial charge in [-0.15, -0.1) is 0 Å². The molecule has 1 saturated heterocycles. The predicted molar refractivity (Wildman–Crippen MR) is 75.0 cm³/mol. The van der Waals surface area contributed by atoms with Gasteiger partial charge in [-0.3, -0.25) is 0 Å². The third-order valence-electron chi connectivity index (χ3n) is 3.24. The van der Waals surface area contributed by atoms with Gasteiger partial charge in [0.2, 0.25) is 0 Å². The molecule has 2 atom stereocenters. The van der Waals surface area contributed by atoms with Crippen molar-refractivity contribution in [3.63, 3.8) is 0 Å². The van der Waals surface area contributed by atoms with E-state index in [1.165, 1.54) is 0 Å². The maximum Gasteiger partial charge on any atom is 0.0620 e. The Kier molecular flexibility index (Phi) is 5.45. The summed E-state index contributed by atoms with van der Waals surface area (Å²) in [4.78, 5) is 0. The number of hydrogen-bond donors (Lipinski definition) is 2. The average Bonchev–Trinajstić information content (AvgIpc) is 2.39. The van der Waals surface area contributed by atoms with Crippen LogP contribution in [-0.2, 0) is 11.3 Å². The van der Waals surface area contributed by atoms with E-state index in [0.717, 1.165) is 43.3 Å². The maximum atomic E-state index is 6.13. The molecule has 4 heteroatoms. The topological polar surface area (TPSA) is 33.3 Å². The zero-order valence-electron chi connectivity index (χ0n) is 10.8. The Morgan fingerprint density at radius 1 is 1.50 bits per heavy atom. The van der Waals surface area contributed by atoms with Crippen molar-refractivity contribution in [3.05, 3.63) is 34.9 Å². The van der Waals surface area contributed by atoms with Crippen LogP contribution in [0.4, 0.5) is 0 Å². The minimum absolute atomic E-state index is 0.445.